The van der Waals surface area contributed by atoms with E-state index in [0.717, 1.165) is 6.54 Å². The third-order valence-electron chi connectivity index (χ3n) is 3.34. The molecule has 16 heavy (non-hydrogen) atoms. The van der Waals surface area contributed by atoms with Crippen LogP contribution in [0.2, 0.25) is 0 Å². The Morgan fingerprint density at radius 3 is 2.25 bits per heavy atom. The normalized spacial score (nSPS) is 21.6. The third kappa shape index (κ3) is 4.85. The van der Waals surface area contributed by atoms with E-state index in [9.17, 15) is 0 Å². The van der Waals surface area contributed by atoms with Gasteiger partial charge in [0.15, 0.2) is 0 Å². The van der Waals surface area contributed by atoms with Gasteiger partial charge in [0, 0.05) is 38.8 Å². The van der Waals surface area contributed by atoms with Gasteiger partial charge >= 0.3 is 0 Å². The molecule has 1 aliphatic heterocycles. The first kappa shape index (κ1) is 14.7. The minimum absolute atomic E-state index is 0.413. The fourth-order valence-corrected chi connectivity index (χ4v) is 2.65. The first-order valence-electron chi connectivity index (χ1n) is 6.41. The summed E-state index contributed by atoms with van der Waals surface area (Å²) in [6.45, 7) is 12.7. The number of hydrogen-bond acceptors (Lipinski definition) is 3. The molecule has 1 aliphatic rings. The lowest BCUT2D eigenvalue weighted by atomic mass is 10.2. The number of hydrogen-bond donors (Lipinski definition) is 0. The third-order valence-corrected chi connectivity index (χ3v) is 4.05. The molecule has 1 unspecified atom stereocenters. The molecule has 0 aromatic rings. The second-order valence-corrected chi connectivity index (χ2v) is 5.44. The van der Waals surface area contributed by atoms with Crippen molar-refractivity contribution in [2.24, 2.45) is 0 Å². The van der Waals surface area contributed by atoms with Crippen LogP contribution in [0.4, 0.5) is 0 Å². The van der Waals surface area contributed by atoms with Gasteiger partial charge in [0.05, 0.1) is 6.10 Å². The summed E-state index contributed by atoms with van der Waals surface area (Å²) in [5.41, 5.74) is 0. The van der Waals surface area contributed by atoms with Crippen molar-refractivity contribution in [3.05, 3.63) is 0 Å². The molecule has 1 rings (SSSR count). The number of piperazine rings is 1. The number of rotatable bonds is 6. The molecule has 1 atom stereocenters. The summed E-state index contributed by atoms with van der Waals surface area (Å²) in [5, 5.41) is 0. The second-order valence-electron chi connectivity index (χ2n) is 4.93. The molecule has 0 bridgehead atoms. The molecular weight excluding hydrogens is 315 g/mol. The molecular formula is C12H25IN2O. The predicted molar refractivity (Wildman–Crippen MR) is 77.0 cm³/mol. The molecule has 1 saturated heterocycles. The molecule has 1 heterocycles. The van der Waals surface area contributed by atoms with Gasteiger partial charge in [-0.15, -0.1) is 0 Å². The predicted octanol–water partition coefficient (Wildman–Crippen LogP) is 2.55. The monoisotopic (exact) mass is 340 g/mol. The van der Waals surface area contributed by atoms with E-state index in [1.807, 2.05) is 23.0 Å². The minimum atomic E-state index is 0.413. The van der Waals surface area contributed by atoms with Crippen LogP contribution in [0.15, 0.2) is 0 Å². The Balaban J connectivity index is 2.25. The first-order valence-corrected chi connectivity index (χ1v) is 7.29. The molecule has 4 heteroatoms. The van der Waals surface area contributed by atoms with Gasteiger partial charge in [0.1, 0.15) is 23.0 Å². The molecule has 0 amide bonds. The maximum absolute atomic E-state index is 5.48. The SMILES string of the molecule is CCCC(CN1CCN(C(C)C)CC1)OI. The average molecular weight is 340 g/mol. The highest BCUT2D eigenvalue weighted by molar-refractivity contribution is 14.1. The molecule has 0 aliphatic carbocycles. The molecule has 0 radical (unpaired) electrons. The zero-order valence-electron chi connectivity index (χ0n) is 10.8. The Morgan fingerprint density at radius 1 is 1.19 bits per heavy atom. The van der Waals surface area contributed by atoms with Crippen LogP contribution in [0.3, 0.4) is 0 Å². The van der Waals surface area contributed by atoms with Crippen molar-refractivity contribution >= 4 is 23.0 Å². The Hall–Kier alpha value is 0.610. The molecule has 96 valence electrons. The molecule has 3 nitrogen and oxygen atoms in total. The Bertz CT molecular complexity index is 182. The lowest BCUT2D eigenvalue weighted by molar-refractivity contribution is 0.0814. The van der Waals surface area contributed by atoms with Gasteiger partial charge in [0.25, 0.3) is 0 Å². The van der Waals surface area contributed by atoms with E-state index in [0.29, 0.717) is 12.1 Å². The summed E-state index contributed by atoms with van der Waals surface area (Å²) >= 11 is 2.05. The maximum atomic E-state index is 5.48. The Kier molecular flexibility index (Phi) is 7.19. The van der Waals surface area contributed by atoms with Crippen molar-refractivity contribution in [2.45, 2.75) is 45.8 Å². The fraction of sp³-hybridized carbons (Fsp3) is 1.00. The van der Waals surface area contributed by atoms with Crippen molar-refractivity contribution in [1.82, 2.24) is 9.80 Å². The van der Waals surface area contributed by atoms with Gasteiger partial charge < -0.3 is 3.07 Å². The van der Waals surface area contributed by atoms with Crippen LogP contribution in [0, 0.1) is 0 Å². The summed E-state index contributed by atoms with van der Waals surface area (Å²) in [4.78, 5) is 5.09. The fourth-order valence-electron chi connectivity index (χ4n) is 2.24. The van der Waals surface area contributed by atoms with Crippen molar-refractivity contribution < 1.29 is 3.07 Å². The number of halogens is 1. The highest BCUT2D eigenvalue weighted by Crippen LogP contribution is 2.11. The first-order chi connectivity index (χ1) is 7.67. The van der Waals surface area contributed by atoms with E-state index in [2.05, 4.69) is 30.6 Å². The topological polar surface area (TPSA) is 15.7 Å². The van der Waals surface area contributed by atoms with Crippen molar-refractivity contribution in [3.63, 3.8) is 0 Å². The highest BCUT2D eigenvalue weighted by Gasteiger charge is 2.21. The van der Waals surface area contributed by atoms with E-state index >= 15 is 0 Å². The van der Waals surface area contributed by atoms with E-state index in [1.165, 1.54) is 39.0 Å². The second kappa shape index (κ2) is 7.84. The molecule has 0 saturated carbocycles. The van der Waals surface area contributed by atoms with Crippen molar-refractivity contribution in [3.8, 4) is 0 Å². The molecule has 0 spiro atoms. The maximum Gasteiger partial charge on any atom is 0.110 e. The quantitative estimate of drug-likeness (QED) is 0.691. The van der Waals surface area contributed by atoms with Crippen molar-refractivity contribution in [2.75, 3.05) is 32.7 Å². The smallest absolute Gasteiger partial charge is 0.110 e. The van der Waals surface area contributed by atoms with Crippen molar-refractivity contribution in [1.29, 1.82) is 0 Å². The zero-order chi connectivity index (χ0) is 12.0. The minimum Gasteiger partial charge on any atom is -0.311 e. The van der Waals surface area contributed by atoms with Gasteiger partial charge in [-0.3, -0.25) is 9.80 Å². The van der Waals surface area contributed by atoms with Gasteiger partial charge in [-0.1, -0.05) is 13.3 Å². The Morgan fingerprint density at radius 2 is 1.81 bits per heavy atom. The van der Waals surface area contributed by atoms with Crippen LogP contribution in [-0.4, -0.2) is 54.7 Å². The van der Waals surface area contributed by atoms with Crippen LogP contribution < -0.4 is 0 Å². The highest BCUT2D eigenvalue weighted by atomic mass is 127. The van der Waals surface area contributed by atoms with Gasteiger partial charge in [-0.2, -0.15) is 0 Å². The van der Waals surface area contributed by atoms with Gasteiger partial charge in [-0.05, 0) is 20.3 Å². The Labute approximate surface area is 114 Å². The van der Waals surface area contributed by atoms with Gasteiger partial charge in [-0.25, -0.2) is 0 Å². The van der Waals surface area contributed by atoms with Crippen LogP contribution in [-0.2, 0) is 3.07 Å². The number of nitrogens with zero attached hydrogens (tertiary/aromatic N) is 2. The molecule has 1 fully saturated rings. The van der Waals surface area contributed by atoms with Crippen LogP contribution in [0.25, 0.3) is 0 Å². The van der Waals surface area contributed by atoms with E-state index in [-0.39, 0.29) is 0 Å². The standard InChI is InChI=1S/C12H25IN2O/c1-4-5-12(16-13)10-14-6-8-15(9-7-14)11(2)3/h11-12H,4-10H2,1-3H3. The summed E-state index contributed by atoms with van der Waals surface area (Å²) in [5.74, 6) is 0. The van der Waals surface area contributed by atoms with Crippen LogP contribution in [0.1, 0.15) is 33.6 Å². The lowest BCUT2D eigenvalue weighted by Crippen LogP contribution is -2.50. The largest absolute Gasteiger partial charge is 0.311 e. The van der Waals surface area contributed by atoms with E-state index < -0.39 is 0 Å². The van der Waals surface area contributed by atoms with E-state index in [4.69, 9.17) is 3.07 Å². The van der Waals surface area contributed by atoms with Crippen LogP contribution >= 0.6 is 23.0 Å². The molecule has 0 N–H and O–H groups in total. The molecule has 0 aromatic heterocycles. The summed E-state index contributed by atoms with van der Waals surface area (Å²) < 4.78 is 5.48. The van der Waals surface area contributed by atoms with E-state index in [1.54, 1.807) is 0 Å². The lowest BCUT2D eigenvalue weighted by Gasteiger charge is -2.37. The molecule has 0 aromatic carbocycles. The summed E-state index contributed by atoms with van der Waals surface area (Å²) in [7, 11) is 0. The summed E-state index contributed by atoms with van der Waals surface area (Å²) in [6, 6.07) is 0.689. The average Bonchev–Trinajstić information content (AvgIpc) is 2.29. The summed E-state index contributed by atoms with van der Waals surface area (Å²) in [6.07, 6.45) is 2.80. The van der Waals surface area contributed by atoms with Gasteiger partial charge in [0.2, 0.25) is 0 Å². The van der Waals surface area contributed by atoms with Crippen LogP contribution in [0.5, 0.6) is 0 Å². The zero-order valence-corrected chi connectivity index (χ0v) is 12.9.